The first-order valence-electron chi connectivity index (χ1n) is 14.3. The molecule has 1 amide bonds. The summed E-state index contributed by atoms with van der Waals surface area (Å²) in [4.78, 5) is 61.5. The number of phosphoric acid groups is 3. The van der Waals surface area contributed by atoms with Gasteiger partial charge in [-0.2, -0.15) is 8.62 Å². The molecule has 2 unspecified atom stereocenters. The van der Waals surface area contributed by atoms with Crippen LogP contribution in [-0.2, 0) is 31.6 Å². The van der Waals surface area contributed by atoms with E-state index < -0.39 is 48.5 Å². The summed E-state index contributed by atoms with van der Waals surface area (Å²) in [7, 11) is -14.8. The molecule has 20 nitrogen and oxygen atoms in total. The quantitative estimate of drug-likeness (QED) is 0.0690. The zero-order valence-corrected chi connectivity index (χ0v) is 27.7. The van der Waals surface area contributed by atoms with Gasteiger partial charge in [-0.25, -0.2) is 28.6 Å². The van der Waals surface area contributed by atoms with Gasteiger partial charge in [0.1, 0.15) is 18.7 Å². The molecule has 23 heteroatoms. The number of phosphoric ester groups is 1. The number of nitrogens with zero attached hydrogens (tertiary/aromatic N) is 4. The second-order valence-corrected chi connectivity index (χ2v) is 14.7. The third-order valence-corrected chi connectivity index (χ3v) is 10.6. The van der Waals surface area contributed by atoms with Gasteiger partial charge in [0.15, 0.2) is 17.0 Å². The van der Waals surface area contributed by atoms with E-state index in [1.165, 1.54) is 17.2 Å². The number of ether oxygens (including phenoxy) is 1. The number of unbranched alkanes of at least 4 members (excludes halogenated alkanes) is 3. The third kappa shape index (κ3) is 10.8. The Morgan fingerprint density at radius 1 is 1.00 bits per heavy atom. The number of hydrogen-bond acceptors (Lipinski definition) is 14. The lowest BCUT2D eigenvalue weighted by Gasteiger charge is -2.19. The molecule has 1 aliphatic heterocycles. The molecule has 1 fully saturated rings. The molecule has 0 radical (unpaired) electrons. The minimum absolute atomic E-state index is 0.00882. The highest BCUT2D eigenvalue weighted by Crippen LogP contribution is 2.66. The Hall–Kier alpha value is -2.83. The zero-order chi connectivity index (χ0) is 34.2. The van der Waals surface area contributed by atoms with E-state index in [4.69, 9.17) is 14.5 Å². The van der Waals surface area contributed by atoms with Crippen molar-refractivity contribution >= 4 is 52.0 Å². The van der Waals surface area contributed by atoms with Crippen molar-refractivity contribution in [3.63, 3.8) is 0 Å². The second kappa shape index (κ2) is 16.0. The van der Waals surface area contributed by atoms with Crippen molar-refractivity contribution in [2.45, 2.75) is 50.5 Å². The first-order chi connectivity index (χ1) is 22.2. The Kier molecular flexibility index (Phi) is 12.6. The summed E-state index contributed by atoms with van der Waals surface area (Å²) >= 11 is 0. The molecule has 47 heavy (non-hydrogen) atoms. The molecular formula is C24H36N7O13P3. The minimum atomic E-state index is -5.68. The van der Waals surface area contributed by atoms with Gasteiger partial charge >= 0.3 is 23.5 Å². The van der Waals surface area contributed by atoms with Crippen molar-refractivity contribution in [2.24, 2.45) is 0 Å². The average Bonchev–Trinajstić information content (AvgIpc) is 3.59. The van der Waals surface area contributed by atoms with Gasteiger partial charge in [-0.05, 0) is 25.0 Å². The van der Waals surface area contributed by atoms with Crippen LogP contribution in [0.25, 0.3) is 11.2 Å². The first-order valence-corrected chi connectivity index (χ1v) is 18.8. The first kappa shape index (κ1) is 37.0. The smallest absolute Gasteiger partial charge is 0.390 e. The molecule has 0 spiro atoms. The fraction of sp³-hybridized carbons (Fsp3) is 0.500. The number of hydrogen-bond donors (Lipinski definition) is 8. The lowest BCUT2D eigenvalue weighted by molar-refractivity contribution is -0.0423. The van der Waals surface area contributed by atoms with E-state index in [2.05, 4.69) is 44.0 Å². The van der Waals surface area contributed by atoms with Crippen molar-refractivity contribution in [3.05, 3.63) is 42.5 Å². The predicted octanol–water partition coefficient (Wildman–Crippen LogP) is 2.26. The number of imidazole rings is 1. The van der Waals surface area contributed by atoms with Crippen molar-refractivity contribution in [3.8, 4) is 0 Å². The zero-order valence-electron chi connectivity index (χ0n) is 25.0. The van der Waals surface area contributed by atoms with Crippen LogP contribution in [0.3, 0.4) is 0 Å². The lowest BCUT2D eigenvalue weighted by Crippen LogP contribution is -2.26. The summed E-state index contributed by atoms with van der Waals surface area (Å²) in [5.41, 5.74) is 2.18. The second-order valence-electron chi connectivity index (χ2n) is 10.3. The van der Waals surface area contributed by atoms with Gasteiger partial charge in [0.2, 0.25) is 0 Å². The number of fused-ring (bicyclic) bond motifs is 1. The molecule has 0 aliphatic carbocycles. The number of para-hydroxylation sites is 1. The number of benzene rings is 1. The number of amides is 1. The highest BCUT2D eigenvalue weighted by Gasteiger charge is 2.43. The van der Waals surface area contributed by atoms with Crippen molar-refractivity contribution < 1.29 is 61.1 Å². The molecule has 8 N–H and O–H groups in total. The van der Waals surface area contributed by atoms with E-state index >= 15 is 0 Å². The van der Waals surface area contributed by atoms with Gasteiger partial charge in [-0.15, -0.1) is 0 Å². The van der Waals surface area contributed by atoms with Gasteiger partial charge in [-0.3, -0.25) is 13.9 Å². The largest absolute Gasteiger partial charge is 0.490 e. The Balaban J connectivity index is 1.21. The fourth-order valence-corrected chi connectivity index (χ4v) is 7.74. The maximum Gasteiger partial charge on any atom is 0.490 e. The molecule has 3 heterocycles. The van der Waals surface area contributed by atoms with Gasteiger partial charge in [0, 0.05) is 32.2 Å². The van der Waals surface area contributed by atoms with Crippen LogP contribution in [0.5, 0.6) is 0 Å². The van der Waals surface area contributed by atoms with Crippen LogP contribution in [0, 0.1) is 0 Å². The van der Waals surface area contributed by atoms with Crippen LogP contribution >= 0.6 is 23.5 Å². The van der Waals surface area contributed by atoms with Crippen LogP contribution in [0.1, 0.15) is 48.7 Å². The van der Waals surface area contributed by atoms with E-state index in [0.29, 0.717) is 35.6 Å². The molecule has 5 atom stereocenters. The SMILES string of the molecule is CNc1ccccc1C(=O)NCCCCCCNc1ncnc2c1ncn2[C@H]1C[C@H](O)[C@@H](COP(=O)(O)OP(=O)(O)OP(=O)(O)O)O1. The average molecular weight is 724 g/mol. The molecule has 260 valence electrons. The Morgan fingerprint density at radius 3 is 2.45 bits per heavy atom. The fourth-order valence-electron chi connectivity index (χ4n) is 4.71. The number of anilines is 2. The summed E-state index contributed by atoms with van der Waals surface area (Å²) in [6, 6.07) is 7.29. The standard InChI is InChI=1S/C24H36N7O13P3/c1-25-17-9-5-4-8-16(17)24(33)27-11-7-3-2-6-10-26-22-21-23(29-14-28-22)31(15-30-21)20-12-18(32)19(42-20)13-41-46(37,38)44-47(39,40)43-45(34,35)36/h4-5,8-9,14-15,18-20,25,32H,2-3,6-7,10-13H2,1H3,(H,27,33)(H,37,38)(H,39,40)(H,26,28,29)(H2,34,35,36)/t18-,19+,20+/m0/s1. The summed E-state index contributed by atoms with van der Waals surface area (Å²) in [6.45, 7) is 0.361. The maximum absolute atomic E-state index is 12.4. The predicted molar refractivity (Wildman–Crippen MR) is 165 cm³/mol. The monoisotopic (exact) mass is 723 g/mol. The van der Waals surface area contributed by atoms with Gasteiger partial charge in [0.25, 0.3) is 5.91 Å². The molecule has 0 saturated carbocycles. The molecule has 3 aromatic rings. The summed E-state index contributed by atoms with van der Waals surface area (Å²) in [5, 5.41) is 19.6. The molecule has 2 aromatic heterocycles. The minimum Gasteiger partial charge on any atom is -0.390 e. The van der Waals surface area contributed by atoms with E-state index in [9.17, 15) is 33.4 Å². The summed E-state index contributed by atoms with van der Waals surface area (Å²) in [6.07, 6.45) is 2.96. The Labute approximate surface area is 268 Å². The van der Waals surface area contributed by atoms with Gasteiger partial charge < -0.3 is 45.4 Å². The molecule has 1 aliphatic rings. The molecule has 1 saturated heterocycles. The third-order valence-electron chi connectivity index (χ3n) is 6.81. The number of aromatic nitrogens is 4. The van der Waals surface area contributed by atoms with Crippen LogP contribution in [0.2, 0.25) is 0 Å². The van der Waals surface area contributed by atoms with E-state index in [0.717, 1.165) is 31.4 Å². The van der Waals surface area contributed by atoms with Crippen LogP contribution in [-0.4, -0.2) is 89.1 Å². The Morgan fingerprint density at radius 2 is 1.72 bits per heavy atom. The van der Waals surface area contributed by atoms with Gasteiger partial charge in [0.05, 0.1) is 24.6 Å². The number of aliphatic hydroxyl groups is 1. The molecule has 1 aromatic carbocycles. The van der Waals surface area contributed by atoms with Crippen molar-refractivity contribution in [1.29, 1.82) is 0 Å². The molecule has 0 bridgehead atoms. The van der Waals surface area contributed by atoms with Crippen molar-refractivity contribution in [2.75, 3.05) is 37.4 Å². The number of carbonyl (C=O) groups is 1. The van der Waals surface area contributed by atoms with Crippen LogP contribution in [0.15, 0.2) is 36.9 Å². The molecule has 4 rings (SSSR count). The Bertz CT molecular complexity index is 1670. The lowest BCUT2D eigenvalue weighted by atomic mass is 10.1. The van der Waals surface area contributed by atoms with Crippen molar-refractivity contribution in [1.82, 2.24) is 24.8 Å². The molecular weight excluding hydrogens is 687 g/mol. The summed E-state index contributed by atoms with van der Waals surface area (Å²) in [5.74, 6) is 0.354. The number of carbonyl (C=O) groups excluding carboxylic acids is 1. The topological polar surface area (TPSA) is 286 Å². The normalized spacial score (nSPS) is 20.9. The summed E-state index contributed by atoms with van der Waals surface area (Å²) < 4.78 is 53.5. The highest BCUT2D eigenvalue weighted by atomic mass is 31.3. The van der Waals surface area contributed by atoms with Crippen LogP contribution in [0.4, 0.5) is 11.5 Å². The van der Waals surface area contributed by atoms with E-state index in [-0.39, 0.29) is 12.3 Å². The van der Waals surface area contributed by atoms with E-state index in [1.54, 1.807) is 13.1 Å². The number of aliphatic hydroxyl groups excluding tert-OH is 1. The van der Waals surface area contributed by atoms with Crippen LogP contribution < -0.4 is 16.0 Å². The number of nitrogens with one attached hydrogen (secondary N) is 3. The van der Waals surface area contributed by atoms with Gasteiger partial charge in [-0.1, -0.05) is 25.0 Å². The number of rotatable bonds is 18. The maximum atomic E-state index is 12.4. The highest BCUT2D eigenvalue weighted by molar-refractivity contribution is 7.66. The van der Waals surface area contributed by atoms with E-state index in [1.807, 2.05) is 18.2 Å².